The standard InChI is InChI=1S/C12H12ClN3O/c13-8-2-1-3-9(6-8)16-11-7-14-5-4-10(11)12(17)15-16/h1-3,6,14H,4-5,7H2,(H,15,17). The largest absolute Gasteiger partial charge is 0.311 e. The lowest BCUT2D eigenvalue weighted by Gasteiger charge is -2.15. The van der Waals surface area contributed by atoms with Crippen LogP contribution >= 0.6 is 11.6 Å². The third-order valence-corrected chi connectivity index (χ3v) is 3.25. The predicted molar refractivity (Wildman–Crippen MR) is 66.8 cm³/mol. The molecule has 1 aliphatic heterocycles. The van der Waals surface area contributed by atoms with Crippen LogP contribution < -0.4 is 10.9 Å². The third-order valence-electron chi connectivity index (χ3n) is 3.02. The fourth-order valence-corrected chi connectivity index (χ4v) is 2.39. The zero-order valence-corrected chi connectivity index (χ0v) is 9.92. The van der Waals surface area contributed by atoms with Gasteiger partial charge in [0.2, 0.25) is 0 Å². The first-order valence-electron chi connectivity index (χ1n) is 5.55. The monoisotopic (exact) mass is 249 g/mol. The Morgan fingerprint density at radius 3 is 3.06 bits per heavy atom. The summed E-state index contributed by atoms with van der Waals surface area (Å²) in [7, 11) is 0. The molecule has 0 aliphatic carbocycles. The van der Waals surface area contributed by atoms with E-state index in [1.54, 1.807) is 0 Å². The highest BCUT2D eigenvalue weighted by Crippen LogP contribution is 2.18. The Labute approximate surface area is 103 Å². The summed E-state index contributed by atoms with van der Waals surface area (Å²) >= 11 is 5.96. The molecular weight excluding hydrogens is 238 g/mol. The molecule has 0 saturated carbocycles. The van der Waals surface area contributed by atoms with E-state index in [1.165, 1.54) is 0 Å². The summed E-state index contributed by atoms with van der Waals surface area (Å²) in [5.74, 6) is 0. The first kappa shape index (κ1) is 10.6. The maximum Gasteiger partial charge on any atom is 0.267 e. The summed E-state index contributed by atoms with van der Waals surface area (Å²) in [6.07, 6.45) is 0.776. The van der Waals surface area contributed by atoms with Crippen molar-refractivity contribution < 1.29 is 0 Å². The van der Waals surface area contributed by atoms with Gasteiger partial charge in [0, 0.05) is 17.1 Å². The van der Waals surface area contributed by atoms with Crippen molar-refractivity contribution in [3.8, 4) is 5.69 Å². The number of fused-ring (bicyclic) bond motifs is 1. The second kappa shape index (κ2) is 4.05. The van der Waals surface area contributed by atoms with E-state index in [-0.39, 0.29) is 5.56 Å². The summed E-state index contributed by atoms with van der Waals surface area (Å²) in [4.78, 5) is 11.8. The molecular formula is C12H12ClN3O. The fourth-order valence-electron chi connectivity index (χ4n) is 2.20. The van der Waals surface area contributed by atoms with Gasteiger partial charge >= 0.3 is 0 Å². The minimum Gasteiger partial charge on any atom is -0.311 e. The number of nitrogens with one attached hydrogen (secondary N) is 2. The number of nitrogens with zero attached hydrogens (tertiary/aromatic N) is 1. The number of aromatic amines is 1. The first-order chi connectivity index (χ1) is 8.25. The van der Waals surface area contributed by atoms with Crippen molar-refractivity contribution in [1.29, 1.82) is 0 Å². The van der Waals surface area contributed by atoms with Gasteiger partial charge in [-0.2, -0.15) is 0 Å². The van der Waals surface area contributed by atoms with Crippen LogP contribution in [-0.2, 0) is 13.0 Å². The molecule has 88 valence electrons. The van der Waals surface area contributed by atoms with E-state index in [1.807, 2.05) is 28.9 Å². The van der Waals surface area contributed by atoms with Gasteiger partial charge in [-0.3, -0.25) is 14.6 Å². The molecule has 0 unspecified atom stereocenters. The van der Waals surface area contributed by atoms with Gasteiger partial charge in [-0.05, 0) is 31.2 Å². The fraction of sp³-hybridized carbons (Fsp3) is 0.250. The molecule has 2 aromatic rings. The second-order valence-corrected chi connectivity index (χ2v) is 4.54. The lowest BCUT2D eigenvalue weighted by molar-refractivity contribution is 0.614. The highest BCUT2D eigenvalue weighted by molar-refractivity contribution is 6.30. The molecule has 0 fully saturated rings. The summed E-state index contributed by atoms with van der Waals surface area (Å²) in [5, 5.41) is 6.79. The minimum absolute atomic E-state index is 0.00137. The molecule has 1 aliphatic rings. The van der Waals surface area contributed by atoms with Gasteiger partial charge in [-0.15, -0.1) is 0 Å². The first-order valence-corrected chi connectivity index (χ1v) is 5.93. The van der Waals surface area contributed by atoms with Gasteiger partial charge in [-0.25, -0.2) is 0 Å². The summed E-state index contributed by atoms with van der Waals surface area (Å²) in [6.45, 7) is 1.57. The Hall–Kier alpha value is -1.52. The van der Waals surface area contributed by atoms with E-state index in [2.05, 4.69) is 10.4 Å². The van der Waals surface area contributed by atoms with Crippen molar-refractivity contribution in [2.24, 2.45) is 0 Å². The van der Waals surface area contributed by atoms with Crippen LogP contribution in [0, 0.1) is 0 Å². The smallest absolute Gasteiger partial charge is 0.267 e. The van der Waals surface area contributed by atoms with Crippen LogP contribution in [0.25, 0.3) is 5.69 Å². The van der Waals surface area contributed by atoms with Crippen LogP contribution in [0.1, 0.15) is 11.3 Å². The number of rotatable bonds is 1. The van der Waals surface area contributed by atoms with Crippen molar-refractivity contribution in [3.05, 3.63) is 50.9 Å². The van der Waals surface area contributed by atoms with Crippen LogP contribution in [0.2, 0.25) is 5.02 Å². The number of aromatic nitrogens is 2. The number of H-pyrrole nitrogens is 1. The molecule has 0 amide bonds. The van der Waals surface area contributed by atoms with Crippen molar-refractivity contribution >= 4 is 11.6 Å². The van der Waals surface area contributed by atoms with E-state index in [0.717, 1.165) is 29.9 Å². The second-order valence-electron chi connectivity index (χ2n) is 4.11. The highest BCUT2D eigenvalue weighted by Gasteiger charge is 2.18. The maximum atomic E-state index is 11.8. The molecule has 5 heteroatoms. The molecule has 0 saturated heterocycles. The number of hydrogen-bond acceptors (Lipinski definition) is 2. The van der Waals surface area contributed by atoms with Gasteiger partial charge in [0.05, 0.1) is 11.4 Å². The molecule has 0 radical (unpaired) electrons. The Morgan fingerprint density at radius 1 is 1.35 bits per heavy atom. The third kappa shape index (κ3) is 1.79. The average Bonchev–Trinajstić information content (AvgIpc) is 2.68. The maximum absolute atomic E-state index is 11.8. The molecule has 17 heavy (non-hydrogen) atoms. The van der Waals surface area contributed by atoms with Crippen LogP contribution in [0.4, 0.5) is 0 Å². The molecule has 3 rings (SSSR count). The van der Waals surface area contributed by atoms with Crippen molar-refractivity contribution in [1.82, 2.24) is 15.1 Å². The topological polar surface area (TPSA) is 49.8 Å². The van der Waals surface area contributed by atoms with E-state index >= 15 is 0 Å². The van der Waals surface area contributed by atoms with Gasteiger partial charge in [0.15, 0.2) is 0 Å². The minimum atomic E-state index is 0.00137. The summed E-state index contributed by atoms with van der Waals surface area (Å²) in [5.41, 5.74) is 2.77. The quantitative estimate of drug-likeness (QED) is 0.804. The number of halogens is 1. The van der Waals surface area contributed by atoms with Crippen LogP contribution in [0.3, 0.4) is 0 Å². The zero-order valence-electron chi connectivity index (χ0n) is 9.16. The van der Waals surface area contributed by atoms with E-state index in [9.17, 15) is 4.79 Å². The van der Waals surface area contributed by atoms with Gasteiger partial charge in [0.1, 0.15) is 0 Å². The van der Waals surface area contributed by atoms with Crippen LogP contribution in [0.15, 0.2) is 29.1 Å². The lowest BCUT2D eigenvalue weighted by Crippen LogP contribution is -2.26. The zero-order chi connectivity index (χ0) is 11.8. The average molecular weight is 250 g/mol. The molecule has 1 aromatic heterocycles. The van der Waals surface area contributed by atoms with Crippen molar-refractivity contribution in [2.45, 2.75) is 13.0 Å². The van der Waals surface area contributed by atoms with Gasteiger partial charge < -0.3 is 5.32 Å². The highest BCUT2D eigenvalue weighted by atomic mass is 35.5. The van der Waals surface area contributed by atoms with Crippen LogP contribution in [-0.4, -0.2) is 16.3 Å². The lowest BCUT2D eigenvalue weighted by atomic mass is 10.1. The SMILES string of the molecule is O=c1[nH]n(-c2cccc(Cl)c2)c2c1CCNC2. The van der Waals surface area contributed by atoms with Gasteiger partial charge in [0.25, 0.3) is 5.56 Å². The van der Waals surface area contributed by atoms with Crippen molar-refractivity contribution in [3.63, 3.8) is 0 Å². The molecule has 0 spiro atoms. The molecule has 1 aromatic carbocycles. The molecule has 2 heterocycles. The van der Waals surface area contributed by atoms with Gasteiger partial charge in [-0.1, -0.05) is 17.7 Å². The van der Waals surface area contributed by atoms with Crippen LogP contribution in [0.5, 0.6) is 0 Å². The molecule has 0 bridgehead atoms. The van der Waals surface area contributed by atoms with Crippen molar-refractivity contribution in [2.75, 3.05) is 6.54 Å². The molecule has 0 atom stereocenters. The Kier molecular flexibility index (Phi) is 2.53. The number of benzene rings is 1. The normalized spacial score (nSPS) is 14.6. The van der Waals surface area contributed by atoms with E-state index < -0.39 is 0 Å². The Balaban J connectivity index is 2.18. The number of hydrogen-bond donors (Lipinski definition) is 2. The molecule has 4 nitrogen and oxygen atoms in total. The predicted octanol–water partition coefficient (Wildman–Crippen LogP) is 1.46. The summed E-state index contributed by atoms with van der Waals surface area (Å²) < 4.78 is 1.82. The van der Waals surface area contributed by atoms with E-state index in [4.69, 9.17) is 11.6 Å². The molecule has 2 N–H and O–H groups in total. The summed E-state index contributed by atoms with van der Waals surface area (Å²) in [6, 6.07) is 7.46. The Bertz CT molecular complexity index is 614. The van der Waals surface area contributed by atoms with E-state index in [0.29, 0.717) is 11.6 Å². The Morgan fingerprint density at radius 2 is 2.24 bits per heavy atom.